The van der Waals surface area contributed by atoms with Gasteiger partial charge in [0.05, 0.1) is 29.6 Å². The lowest BCUT2D eigenvalue weighted by atomic mass is 9.92. The average Bonchev–Trinajstić information content (AvgIpc) is 2.77. The van der Waals surface area contributed by atoms with Gasteiger partial charge < -0.3 is 14.0 Å². The Hall–Kier alpha value is -2.01. The summed E-state index contributed by atoms with van der Waals surface area (Å²) in [6, 6.07) is 1.79. The summed E-state index contributed by atoms with van der Waals surface area (Å²) in [6.45, 7) is 3.88. The summed E-state index contributed by atoms with van der Waals surface area (Å²) >= 11 is 6.29. The molecule has 1 aliphatic heterocycles. The third-order valence-corrected chi connectivity index (χ3v) is 4.03. The summed E-state index contributed by atoms with van der Waals surface area (Å²) < 4.78 is 12.6. The van der Waals surface area contributed by atoms with Crippen LogP contribution in [0.15, 0.2) is 18.5 Å². The van der Waals surface area contributed by atoms with Gasteiger partial charge in [0.15, 0.2) is 0 Å². The fourth-order valence-corrected chi connectivity index (χ4v) is 2.96. The Bertz CT molecular complexity index is 750. The summed E-state index contributed by atoms with van der Waals surface area (Å²) in [4.78, 5) is 16.0. The second kappa shape index (κ2) is 4.49. The zero-order valence-corrected chi connectivity index (χ0v) is 13.0. The summed E-state index contributed by atoms with van der Waals surface area (Å²) in [7, 11) is 3.17. The van der Waals surface area contributed by atoms with E-state index in [1.807, 2.05) is 20.9 Å². The molecule has 0 bridgehead atoms. The minimum atomic E-state index is -0.585. The first kappa shape index (κ1) is 13.9. The molecule has 0 amide bonds. The number of nitrogens with zero attached hydrogens (tertiary/aromatic N) is 2. The van der Waals surface area contributed by atoms with E-state index in [1.165, 1.54) is 7.11 Å². The molecule has 110 valence electrons. The van der Waals surface area contributed by atoms with E-state index in [0.29, 0.717) is 16.5 Å². The van der Waals surface area contributed by atoms with Crippen LogP contribution in [0.4, 0.5) is 0 Å². The first-order chi connectivity index (χ1) is 9.86. The fraction of sp³-hybridized carbons (Fsp3) is 0.333. The van der Waals surface area contributed by atoms with Crippen molar-refractivity contribution in [3.63, 3.8) is 0 Å². The van der Waals surface area contributed by atoms with Crippen LogP contribution in [0, 0.1) is 0 Å². The molecule has 0 aliphatic carbocycles. The number of rotatable bonds is 1. The lowest BCUT2D eigenvalue weighted by molar-refractivity contribution is 0.0590. The molecule has 0 aromatic carbocycles. The number of hydrogen-bond acceptors (Lipinski definition) is 4. The zero-order valence-electron chi connectivity index (χ0n) is 12.2. The van der Waals surface area contributed by atoms with Crippen LogP contribution in [0.1, 0.15) is 29.9 Å². The second-order valence-electron chi connectivity index (χ2n) is 5.45. The molecule has 0 unspecified atom stereocenters. The Morgan fingerprint density at radius 3 is 2.81 bits per heavy atom. The van der Waals surface area contributed by atoms with Gasteiger partial charge in [0.2, 0.25) is 0 Å². The SMILES string of the molecule is COC(=O)c1cc2c(n1C)-c1c(Cl)cncc1OC2(C)C. The van der Waals surface area contributed by atoms with Crippen molar-refractivity contribution >= 4 is 17.6 Å². The first-order valence-corrected chi connectivity index (χ1v) is 6.86. The topological polar surface area (TPSA) is 53.4 Å². The molecule has 3 rings (SSSR count). The molecule has 2 aromatic rings. The van der Waals surface area contributed by atoms with Crippen molar-refractivity contribution in [1.82, 2.24) is 9.55 Å². The van der Waals surface area contributed by atoms with E-state index in [9.17, 15) is 4.79 Å². The highest BCUT2D eigenvalue weighted by molar-refractivity contribution is 6.33. The smallest absolute Gasteiger partial charge is 0.354 e. The third kappa shape index (κ3) is 1.92. The van der Waals surface area contributed by atoms with Gasteiger partial charge in [0, 0.05) is 18.8 Å². The standard InChI is InChI=1S/C15H15ClN2O3/c1-15(2)8-5-10(14(19)20-4)18(3)13(8)12-9(16)6-17-7-11(12)21-15/h5-7H,1-4H3. The van der Waals surface area contributed by atoms with Crippen molar-refractivity contribution in [1.29, 1.82) is 0 Å². The number of aromatic nitrogens is 2. The minimum Gasteiger partial charge on any atom is -0.481 e. The molecule has 5 nitrogen and oxygen atoms in total. The van der Waals surface area contributed by atoms with Crippen LogP contribution in [-0.4, -0.2) is 22.6 Å². The monoisotopic (exact) mass is 306 g/mol. The highest BCUT2D eigenvalue weighted by Gasteiger charge is 2.38. The molecule has 0 fully saturated rings. The number of hydrogen-bond donors (Lipinski definition) is 0. The molecule has 1 aliphatic rings. The van der Waals surface area contributed by atoms with Crippen LogP contribution in [0.5, 0.6) is 5.75 Å². The molecule has 0 N–H and O–H groups in total. The normalized spacial score (nSPS) is 14.9. The first-order valence-electron chi connectivity index (χ1n) is 6.48. The molecule has 0 atom stereocenters. The Kier molecular flexibility index (Phi) is 2.99. The number of fused-ring (bicyclic) bond motifs is 3. The molecule has 2 aromatic heterocycles. The maximum Gasteiger partial charge on any atom is 0.354 e. The predicted molar refractivity (Wildman–Crippen MR) is 78.6 cm³/mol. The van der Waals surface area contributed by atoms with Gasteiger partial charge in [0.1, 0.15) is 17.0 Å². The van der Waals surface area contributed by atoms with Gasteiger partial charge in [-0.3, -0.25) is 4.98 Å². The van der Waals surface area contributed by atoms with Crippen LogP contribution in [0.3, 0.4) is 0 Å². The molecule has 3 heterocycles. The molecule has 0 spiro atoms. The van der Waals surface area contributed by atoms with E-state index in [1.54, 1.807) is 23.0 Å². The number of halogens is 1. The maximum absolute atomic E-state index is 11.9. The van der Waals surface area contributed by atoms with Crippen LogP contribution in [0.2, 0.25) is 5.02 Å². The molecule has 21 heavy (non-hydrogen) atoms. The Balaban J connectivity index is 2.36. The van der Waals surface area contributed by atoms with E-state index in [4.69, 9.17) is 21.1 Å². The molecule has 0 saturated heterocycles. The van der Waals surface area contributed by atoms with Crippen molar-refractivity contribution in [2.75, 3.05) is 7.11 Å². The van der Waals surface area contributed by atoms with E-state index in [2.05, 4.69) is 4.98 Å². The number of pyridine rings is 1. The van der Waals surface area contributed by atoms with Crippen molar-refractivity contribution in [2.45, 2.75) is 19.4 Å². The number of ether oxygens (including phenoxy) is 2. The minimum absolute atomic E-state index is 0.394. The van der Waals surface area contributed by atoms with Crippen LogP contribution < -0.4 is 4.74 Å². The highest BCUT2D eigenvalue weighted by Crippen LogP contribution is 2.48. The van der Waals surface area contributed by atoms with Crippen molar-refractivity contribution < 1.29 is 14.3 Å². The quantitative estimate of drug-likeness (QED) is 0.759. The molecule has 0 radical (unpaired) electrons. The van der Waals surface area contributed by atoms with Crippen LogP contribution >= 0.6 is 11.6 Å². The van der Waals surface area contributed by atoms with Gasteiger partial charge in [0.25, 0.3) is 0 Å². The Morgan fingerprint density at radius 2 is 2.14 bits per heavy atom. The largest absolute Gasteiger partial charge is 0.481 e. The molecule has 0 saturated carbocycles. The Labute approximate surface area is 127 Å². The summed E-state index contributed by atoms with van der Waals surface area (Å²) in [5, 5.41) is 0.488. The van der Waals surface area contributed by atoms with Crippen LogP contribution in [-0.2, 0) is 17.4 Å². The summed E-state index contributed by atoms with van der Waals surface area (Å²) in [5.41, 5.74) is 2.37. The lowest BCUT2D eigenvalue weighted by Crippen LogP contribution is -2.29. The van der Waals surface area contributed by atoms with E-state index < -0.39 is 11.6 Å². The lowest BCUT2D eigenvalue weighted by Gasteiger charge is -2.33. The fourth-order valence-electron chi connectivity index (χ4n) is 2.72. The third-order valence-electron chi connectivity index (χ3n) is 3.74. The predicted octanol–water partition coefficient (Wildman–Crippen LogP) is 3.15. The Morgan fingerprint density at radius 1 is 1.43 bits per heavy atom. The molecular formula is C15H15ClN2O3. The highest BCUT2D eigenvalue weighted by atomic mass is 35.5. The van der Waals surface area contributed by atoms with Gasteiger partial charge in [-0.05, 0) is 19.9 Å². The van der Waals surface area contributed by atoms with E-state index >= 15 is 0 Å². The zero-order chi connectivity index (χ0) is 15.4. The van der Waals surface area contributed by atoms with Crippen LogP contribution in [0.25, 0.3) is 11.3 Å². The number of methoxy groups -OCH3 is 1. The number of esters is 1. The molecule has 6 heteroatoms. The molecular weight excluding hydrogens is 292 g/mol. The van der Waals surface area contributed by atoms with E-state index in [-0.39, 0.29) is 0 Å². The van der Waals surface area contributed by atoms with Gasteiger partial charge in [-0.15, -0.1) is 0 Å². The summed E-state index contributed by atoms with van der Waals surface area (Å²) in [6.07, 6.45) is 3.20. The average molecular weight is 307 g/mol. The van der Waals surface area contributed by atoms with Crippen molar-refractivity contribution in [3.05, 3.63) is 34.7 Å². The second-order valence-corrected chi connectivity index (χ2v) is 5.86. The van der Waals surface area contributed by atoms with Gasteiger partial charge in [-0.2, -0.15) is 0 Å². The van der Waals surface area contributed by atoms with Crippen molar-refractivity contribution in [2.24, 2.45) is 7.05 Å². The van der Waals surface area contributed by atoms with Crippen molar-refractivity contribution in [3.8, 4) is 17.0 Å². The number of carbonyl (C=O) groups is 1. The van der Waals surface area contributed by atoms with Gasteiger partial charge in [-0.1, -0.05) is 11.6 Å². The van der Waals surface area contributed by atoms with E-state index in [0.717, 1.165) is 16.8 Å². The van der Waals surface area contributed by atoms with Gasteiger partial charge >= 0.3 is 5.97 Å². The maximum atomic E-state index is 11.9. The summed E-state index contributed by atoms with van der Waals surface area (Å²) in [5.74, 6) is 0.215. The number of carbonyl (C=O) groups excluding carboxylic acids is 1. The van der Waals surface area contributed by atoms with Gasteiger partial charge in [-0.25, -0.2) is 4.79 Å².